The molecule has 0 atom stereocenters. The van der Waals surface area contributed by atoms with E-state index in [1.54, 1.807) is 11.8 Å². The Bertz CT molecular complexity index is 567. The van der Waals surface area contributed by atoms with Gasteiger partial charge in [0.05, 0.1) is 0 Å². The molecule has 3 nitrogen and oxygen atoms in total. The average Bonchev–Trinajstić information content (AvgIpc) is 2.84. The molecule has 0 bridgehead atoms. The van der Waals surface area contributed by atoms with Crippen LogP contribution in [0.3, 0.4) is 0 Å². The molecule has 1 heterocycles. The Morgan fingerprint density at radius 1 is 1.05 bits per heavy atom. The van der Waals surface area contributed by atoms with Gasteiger partial charge in [0.2, 0.25) is 0 Å². The summed E-state index contributed by atoms with van der Waals surface area (Å²) < 4.78 is 2.21. The maximum absolute atomic E-state index is 4.30. The van der Waals surface area contributed by atoms with Gasteiger partial charge in [-0.2, -0.15) is 0 Å². The number of benzene rings is 1. The van der Waals surface area contributed by atoms with E-state index >= 15 is 0 Å². The molecule has 2 rings (SSSR count). The first-order valence-corrected chi connectivity index (χ1v) is 8.34. The third kappa shape index (κ3) is 4.60. The molecule has 0 saturated heterocycles. The van der Waals surface area contributed by atoms with Crippen LogP contribution in [-0.4, -0.2) is 14.8 Å². The van der Waals surface area contributed by atoms with E-state index in [9.17, 15) is 0 Å². The van der Waals surface area contributed by atoms with Crippen LogP contribution in [0.2, 0.25) is 0 Å². The van der Waals surface area contributed by atoms with E-state index < -0.39 is 0 Å². The van der Waals surface area contributed by atoms with E-state index in [0.29, 0.717) is 0 Å². The van der Waals surface area contributed by atoms with E-state index in [4.69, 9.17) is 0 Å². The average molecular weight is 303 g/mol. The minimum Gasteiger partial charge on any atom is -0.303 e. The van der Waals surface area contributed by atoms with Crippen molar-refractivity contribution in [3.8, 4) is 0 Å². The van der Waals surface area contributed by atoms with Crippen LogP contribution in [0.15, 0.2) is 41.8 Å². The Balaban J connectivity index is 2.11. The van der Waals surface area contributed by atoms with E-state index in [0.717, 1.165) is 17.3 Å². The third-order valence-corrected chi connectivity index (χ3v) is 4.36. The quantitative estimate of drug-likeness (QED) is 0.747. The van der Waals surface area contributed by atoms with Crippen molar-refractivity contribution in [2.45, 2.75) is 57.5 Å². The second kappa shape index (κ2) is 6.22. The molecule has 0 radical (unpaired) electrons. The van der Waals surface area contributed by atoms with Crippen LogP contribution in [0.5, 0.6) is 0 Å². The molecule has 0 aliphatic rings. The van der Waals surface area contributed by atoms with Crippen molar-refractivity contribution in [2.75, 3.05) is 0 Å². The van der Waals surface area contributed by atoms with E-state index in [1.807, 2.05) is 12.4 Å². The molecule has 2 aromatic rings. The molecule has 0 aliphatic carbocycles. The Morgan fingerprint density at radius 2 is 1.71 bits per heavy atom. The van der Waals surface area contributed by atoms with Gasteiger partial charge in [0.1, 0.15) is 6.33 Å². The van der Waals surface area contributed by atoms with Crippen molar-refractivity contribution < 1.29 is 0 Å². The molecule has 0 N–H and O–H groups in total. The van der Waals surface area contributed by atoms with Crippen LogP contribution in [0, 0.1) is 5.41 Å². The molecular weight excluding hydrogens is 278 g/mol. The summed E-state index contributed by atoms with van der Waals surface area (Å²) in [6, 6.07) is 10.5. The normalized spacial score (nSPS) is 12.6. The minimum absolute atomic E-state index is 0.0147. The predicted molar refractivity (Wildman–Crippen MR) is 89.4 cm³/mol. The maximum atomic E-state index is 4.30. The standard InChI is InChI=1S/C17H25N3S/c1-16(2,3)12-17(4,5)20-13-18-19-15(20)21-11-14-9-7-6-8-10-14/h6-10,13H,11-12H2,1-5H3. The Hall–Kier alpha value is -1.29. The lowest BCUT2D eigenvalue weighted by molar-refractivity contribution is 0.203. The van der Waals surface area contributed by atoms with Crippen molar-refractivity contribution in [1.29, 1.82) is 0 Å². The number of thioether (sulfide) groups is 1. The fraction of sp³-hybridized carbons (Fsp3) is 0.529. The molecule has 0 spiro atoms. The summed E-state index contributed by atoms with van der Waals surface area (Å²) in [6.45, 7) is 11.3. The van der Waals surface area contributed by atoms with Crippen molar-refractivity contribution in [1.82, 2.24) is 14.8 Å². The fourth-order valence-electron chi connectivity index (χ4n) is 2.84. The first-order valence-electron chi connectivity index (χ1n) is 7.35. The Morgan fingerprint density at radius 3 is 2.33 bits per heavy atom. The van der Waals surface area contributed by atoms with Gasteiger partial charge >= 0.3 is 0 Å². The predicted octanol–water partition coefficient (Wildman–Crippen LogP) is 4.74. The molecule has 4 heteroatoms. The van der Waals surface area contributed by atoms with Crippen LogP contribution in [-0.2, 0) is 11.3 Å². The number of hydrogen-bond acceptors (Lipinski definition) is 3. The molecule has 0 unspecified atom stereocenters. The van der Waals surface area contributed by atoms with Crippen molar-refractivity contribution in [3.05, 3.63) is 42.2 Å². The second-order valence-corrected chi connectivity index (χ2v) is 8.25. The van der Waals surface area contributed by atoms with Gasteiger partial charge < -0.3 is 4.57 Å². The van der Waals surface area contributed by atoms with Gasteiger partial charge in [-0.05, 0) is 31.2 Å². The van der Waals surface area contributed by atoms with Crippen LogP contribution in [0.4, 0.5) is 0 Å². The van der Waals surface area contributed by atoms with Gasteiger partial charge in [0.25, 0.3) is 0 Å². The summed E-state index contributed by atoms with van der Waals surface area (Å²) in [5.41, 5.74) is 1.60. The van der Waals surface area contributed by atoms with E-state index in [1.165, 1.54) is 5.56 Å². The topological polar surface area (TPSA) is 30.7 Å². The smallest absolute Gasteiger partial charge is 0.191 e. The molecule has 0 amide bonds. The van der Waals surface area contributed by atoms with Crippen molar-refractivity contribution in [2.24, 2.45) is 5.41 Å². The molecule has 21 heavy (non-hydrogen) atoms. The highest BCUT2D eigenvalue weighted by Gasteiger charge is 2.29. The summed E-state index contributed by atoms with van der Waals surface area (Å²) in [7, 11) is 0. The van der Waals surface area contributed by atoms with Crippen LogP contribution < -0.4 is 0 Å². The van der Waals surface area contributed by atoms with Gasteiger partial charge in [-0.3, -0.25) is 0 Å². The van der Waals surface area contributed by atoms with Crippen molar-refractivity contribution >= 4 is 11.8 Å². The lowest BCUT2D eigenvalue weighted by Crippen LogP contribution is -2.31. The highest BCUT2D eigenvalue weighted by molar-refractivity contribution is 7.98. The zero-order valence-corrected chi connectivity index (χ0v) is 14.4. The first-order chi connectivity index (χ1) is 9.78. The Labute approximate surface area is 132 Å². The highest BCUT2D eigenvalue weighted by Crippen LogP contribution is 2.34. The van der Waals surface area contributed by atoms with Gasteiger partial charge in [-0.1, -0.05) is 62.9 Å². The zero-order valence-electron chi connectivity index (χ0n) is 13.6. The van der Waals surface area contributed by atoms with Gasteiger partial charge in [0.15, 0.2) is 5.16 Å². The zero-order chi connectivity index (χ0) is 15.5. The largest absolute Gasteiger partial charge is 0.303 e. The SMILES string of the molecule is CC(C)(C)CC(C)(C)n1cnnc1SCc1ccccc1. The summed E-state index contributed by atoms with van der Waals surface area (Å²) in [6.07, 6.45) is 2.94. The van der Waals surface area contributed by atoms with Gasteiger partial charge in [-0.15, -0.1) is 10.2 Å². The van der Waals surface area contributed by atoms with Crippen LogP contribution in [0.1, 0.15) is 46.6 Å². The fourth-order valence-corrected chi connectivity index (χ4v) is 3.87. The van der Waals surface area contributed by atoms with E-state index in [2.05, 4.69) is 73.6 Å². The molecule has 1 aromatic carbocycles. The minimum atomic E-state index is 0.0147. The molecule has 1 aromatic heterocycles. The summed E-state index contributed by atoms with van der Waals surface area (Å²) >= 11 is 1.75. The maximum Gasteiger partial charge on any atom is 0.191 e. The third-order valence-electron chi connectivity index (χ3n) is 3.34. The number of nitrogens with zero attached hydrogens (tertiary/aromatic N) is 3. The van der Waals surface area contributed by atoms with E-state index in [-0.39, 0.29) is 11.0 Å². The molecule has 0 saturated carbocycles. The molecular formula is C17H25N3S. The number of hydrogen-bond donors (Lipinski definition) is 0. The van der Waals surface area contributed by atoms with Gasteiger partial charge in [0, 0.05) is 11.3 Å². The highest BCUT2D eigenvalue weighted by atomic mass is 32.2. The molecule has 0 aliphatic heterocycles. The van der Waals surface area contributed by atoms with Crippen LogP contribution in [0.25, 0.3) is 0 Å². The lowest BCUT2D eigenvalue weighted by Gasteiger charge is -2.34. The van der Waals surface area contributed by atoms with Gasteiger partial charge in [-0.25, -0.2) is 0 Å². The van der Waals surface area contributed by atoms with Crippen molar-refractivity contribution in [3.63, 3.8) is 0 Å². The van der Waals surface area contributed by atoms with Crippen LogP contribution >= 0.6 is 11.8 Å². The lowest BCUT2D eigenvalue weighted by atomic mass is 9.82. The first kappa shape index (κ1) is 16.1. The second-order valence-electron chi connectivity index (χ2n) is 7.31. The summed E-state index contributed by atoms with van der Waals surface area (Å²) in [5, 5.41) is 9.42. The monoisotopic (exact) mass is 303 g/mol. The number of aromatic nitrogens is 3. The summed E-state index contributed by atoms with van der Waals surface area (Å²) in [5.74, 6) is 0.922. The molecule has 0 fully saturated rings. The Kier molecular flexibility index (Phi) is 4.77. The molecule has 114 valence electrons. The summed E-state index contributed by atoms with van der Waals surface area (Å²) in [4.78, 5) is 0. The number of rotatable bonds is 5.